The van der Waals surface area contributed by atoms with E-state index in [1.807, 2.05) is 13.8 Å². The van der Waals surface area contributed by atoms with Gasteiger partial charge in [-0.25, -0.2) is 4.90 Å². The van der Waals surface area contributed by atoms with E-state index in [2.05, 4.69) is 15.9 Å². The summed E-state index contributed by atoms with van der Waals surface area (Å²) in [7, 11) is 0. The van der Waals surface area contributed by atoms with Crippen LogP contribution in [-0.2, 0) is 9.59 Å². The Morgan fingerprint density at radius 3 is 2.28 bits per heavy atom. The van der Waals surface area contributed by atoms with Crippen LogP contribution in [0.1, 0.15) is 13.8 Å². The van der Waals surface area contributed by atoms with Crippen LogP contribution < -0.4 is 4.90 Å². The van der Waals surface area contributed by atoms with Gasteiger partial charge in [0.25, 0.3) is 0 Å². The lowest BCUT2D eigenvalue weighted by Gasteiger charge is -2.20. The Balaban J connectivity index is 1.98. The normalized spacial score (nSPS) is 28.6. The van der Waals surface area contributed by atoms with E-state index in [0.29, 0.717) is 10.7 Å². The maximum absolute atomic E-state index is 12.2. The Morgan fingerprint density at radius 1 is 1.22 bits per heavy atom. The van der Waals surface area contributed by atoms with Gasteiger partial charge in [0, 0.05) is 4.47 Å². The van der Waals surface area contributed by atoms with Gasteiger partial charge in [0.05, 0.1) is 22.5 Å². The molecule has 1 aliphatic carbocycles. The molecule has 0 N–H and O–H groups in total. The highest BCUT2D eigenvalue weighted by Crippen LogP contribution is 2.63. The number of hydrogen-bond acceptors (Lipinski definition) is 2. The van der Waals surface area contributed by atoms with Gasteiger partial charge in [-0.1, -0.05) is 25.4 Å². The summed E-state index contributed by atoms with van der Waals surface area (Å²) in [4.78, 5) is 25.7. The predicted molar refractivity (Wildman–Crippen MR) is 72.4 cm³/mol. The number of piperidine rings is 1. The van der Waals surface area contributed by atoms with Crippen molar-refractivity contribution < 1.29 is 9.59 Å². The van der Waals surface area contributed by atoms with Crippen molar-refractivity contribution in [2.75, 3.05) is 4.90 Å². The van der Waals surface area contributed by atoms with Gasteiger partial charge >= 0.3 is 0 Å². The summed E-state index contributed by atoms with van der Waals surface area (Å²) in [5.41, 5.74) is 0.380. The van der Waals surface area contributed by atoms with Gasteiger partial charge in [0.15, 0.2) is 0 Å². The number of carbonyl (C=O) groups is 2. The molecule has 3 rings (SSSR count). The molecule has 0 spiro atoms. The second-order valence-electron chi connectivity index (χ2n) is 5.39. The fourth-order valence-corrected chi connectivity index (χ4v) is 3.25. The van der Waals surface area contributed by atoms with Crippen molar-refractivity contribution in [3.8, 4) is 0 Å². The Hall–Kier alpha value is -0.870. The van der Waals surface area contributed by atoms with Gasteiger partial charge in [0.2, 0.25) is 11.8 Å². The molecule has 2 fully saturated rings. The molecule has 0 radical (unpaired) electrons. The van der Waals surface area contributed by atoms with Crippen molar-refractivity contribution in [3.05, 3.63) is 27.7 Å². The molecule has 5 heteroatoms. The first kappa shape index (κ1) is 12.2. The highest BCUT2D eigenvalue weighted by atomic mass is 79.9. The lowest BCUT2D eigenvalue weighted by atomic mass is 10.1. The molecule has 18 heavy (non-hydrogen) atoms. The van der Waals surface area contributed by atoms with E-state index in [-0.39, 0.29) is 29.1 Å². The number of fused-ring (bicyclic) bond motifs is 1. The maximum Gasteiger partial charge on any atom is 0.238 e. The monoisotopic (exact) mass is 327 g/mol. The number of nitrogens with zero attached hydrogens (tertiary/aromatic N) is 1. The molecule has 1 aromatic rings. The highest BCUT2D eigenvalue weighted by Gasteiger charge is 2.72. The van der Waals surface area contributed by atoms with E-state index in [0.717, 1.165) is 4.47 Å². The average molecular weight is 329 g/mol. The molecule has 1 saturated carbocycles. The number of rotatable bonds is 1. The molecule has 1 heterocycles. The van der Waals surface area contributed by atoms with E-state index in [1.165, 1.54) is 4.90 Å². The molecule has 1 saturated heterocycles. The molecule has 2 atom stereocenters. The molecule has 1 aromatic carbocycles. The van der Waals surface area contributed by atoms with Gasteiger partial charge in [-0.15, -0.1) is 0 Å². The molecule has 2 unspecified atom stereocenters. The zero-order valence-electron chi connectivity index (χ0n) is 9.91. The average Bonchev–Trinajstić information content (AvgIpc) is 2.74. The van der Waals surface area contributed by atoms with Crippen molar-refractivity contribution in [1.29, 1.82) is 0 Å². The van der Waals surface area contributed by atoms with Crippen LogP contribution in [0.15, 0.2) is 22.7 Å². The lowest BCUT2D eigenvalue weighted by Crippen LogP contribution is -2.36. The van der Waals surface area contributed by atoms with E-state index >= 15 is 0 Å². The van der Waals surface area contributed by atoms with Crippen LogP contribution in [0.2, 0.25) is 5.02 Å². The Bertz CT molecular complexity index is 560. The van der Waals surface area contributed by atoms with Crippen LogP contribution in [0.3, 0.4) is 0 Å². The SMILES string of the molecule is CC1(C)C2C(=O)N(c3ccc(Br)c(Cl)c3)C(=O)C21. The Kier molecular flexibility index (Phi) is 2.42. The van der Waals surface area contributed by atoms with Crippen LogP contribution in [-0.4, -0.2) is 11.8 Å². The summed E-state index contributed by atoms with van der Waals surface area (Å²) in [5.74, 6) is -0.526. The summed E-state index contributed by atoms with van der Waals surface area (Å²) >= 11 is 9.28. The topological polar surface area (TPSA) is 37.4 Å². The Labute approximate surface area is 118 Å². The summed E-state index contributed by atoms with van der Waals surface area (Å²) in [6, 6.07) is 5.11. The second kappa shape index (κ2) is 3.58. The van der Waals surface area contributed by atoms with E-state index in [4.69, 9.17) is 11.6 Å². The molecule has 0 aromatic heterocycles. The highest BCUT2D eigenvalue weighted by molar-refractivity contribution is 9.10. The first-order chi connectivity index (χ1) is 8.35. The molecule has 3 nitrogen and oxygen atoms in total. The lowest BCUT2D eigenvalue weighted by molar-refractivity contribution is -0.125. The van der Waals surface area contributed by atoms with Gasteiger partial charge in [0.1, 0.15) is 0 Å². The number of imide groups is 1. The summed E-state index contributed by atoms with van der Waals surface area (Å²) < 4.78 is 0.748. The van der Waals surface area contributed by atoms with E-state index < -0.39 is 0 Å². The number of halogens is 2. The molecule has 2 amide bonds. The van der Waals surface area contributed by atoms with Crippen molar-refractivity contribution in [2.24, 2.45) is 17.3 Å². The third kappa shape index (κ3) is 1.42. The van der Waals surface area contributed by atoms with E-state index in [1.54, 1.807) is 18.2 Å². The quantitative estimate of drug-likeness (QED) is 0.742. The van der Waals surface area contributed by atoms with Crippen molar-refractivity contribution in [3.63, 3.8) is 0 Å². The number of hydrogen-bond donors (Lipinski definition) is 0. The molecular formula is C13H11BrClNO2. The maximum atomic E-state index is 12.2. The Morgan fingerprint density at radius 2 is 1.78 bits per heavy atom. The second-order valence-corrected chi connectivity index (χ2v) is 6.65. The van der Waals surface area contributed by atoms with Crippen LogP contribution in [0.5, 0.6) is 0 Å². The van der Waals surface area contributed by atoms with Crippen LogP contribution in [0.4, 0.5) is 5.69 Å². The van der Waals surface area contributed by atoms with Gasteiger partial charge in [-0.3, -0.25) is 9.59 Å². The largest absolute Gasteiger partial charge is 0.274 e. The minimum Gasteiger partial charge on any atom is -0.274 e. The fraction of sp³-hybridized carbons (Fsp3) is 0.385. The fourth-order valence-electron chi connectivity index (χ4n) is 2.82. The standard InChI is InChI=1S/C13H11BrClNO2/c1-13(2)9-10(13)12(18)16(11(9)17)6-3-4-7(14)8(15)5-6/h3-5,9-10H,1-2H3. The molecule has 0 bridgehead atoms. The molecule has 2 aliphatic rings. The smallest absolute Gasteiger partial charge is 0.238 e. The van der Waals surface area contributed by atoms with Crippen LogP contribution in [0.25, 0.3) is 0 Å². The predicted octanol–water partition coefficient (Wildman–Crippen LogP) is 3.25. The zero-order chi connectivity index (χ0) is 13.2. The molecule has 94 valence electrons. The first-order valence-electron chi connectivity index (χ1n) is 5.68. The van der Waals surface area contributed by atoms with Gasteiger partial charge in [-0.2, -0.15) is 0 Å². The van der Waals surface area contributed by atoms with Gasteiger partial charge in [-0.05, 0) is 39.5 Å². The van der Waals surface area contributed by atoms with Crippen LogP contribution >= 0.6 is 27.5 Å². The van der Waals surface area contributed by atoms with Gasteiger partial charge < -0.3 is 0 Å². The number of benzene rings is 1. The number of carbonyl (C=O) groups excluding carboxylic acids is 2. The van der Waals surface area contributed by atoms with Crippen LogP contribution in [0, 0.1) is 17.3 Å². The summed E-state index contributed by atoms with van der Waals surface area (Å²) in [6.45, 7) is 3.92. The number of anilines is 1. The third-order valence-electron chi connectivity index (χ3n) is 3.96. The van der Waals surface area contributed by atoms with Crippen molar-refractivity contribution in [2.45, 2.75) is 13.8 Å². The van der Waals surface area contributed by atoms with Crippen molar-refractivity contribution >= 4 is 45.0 Å². The summed E-state index contributed by atoms with van der Waals surface area (Å²) in [5, 5.41) is 0.493. The first-order valence-corrected chi connectivity index (χ1v) is 6.85. The zero-order valence-corrected chi connectivity index (χ0v) is 12.2. The number of amides is 2. The summed E-state index contributed by atoms with van der Waals surface area (Å²) in [6.07, 6.45) is 0. The molecular weight excluding hydrogens is 318 g/mol. The van der Waals surface area contributed by atoms with Crippen molar-refractivity contribution in [1.82, 2.24) is 0 Å². The minimum atomic E-state index is -0.177. The third-order valence-corrected chi connectivity index (χ3v) is 5.19. The molecule has 1 aliphatic heterocycles. The minimum absolute atomic E-state index is 0.103. The van der Waals surface area contributed by atoms with E-state index in [9.17, 15) is 9.59 Å².